The van der Waals surface area contributed by atoms with Gasteiger partial charge in [-0.1, -0.05) is 53.0 Å². The Bertz CT molecular complexity index is 856. The van der Waals surface area contributed by atoms with Crippen molar-refractivity contribution in [2.75, 3.05) is 0 Å². The zero-order valence-corrected chi connectivity index (χ0v) is 15.1. The van der Waals surface area contributed by atoms with E-state index in [0.29, 0.717) is 21.2 Å². The SMILES string of the molecule is OC(c1ccc(Cl)cc1Cl)C(O)(Cn1cncn1)c1ccc(Cl)cc1. The fourth-order valence-electron chi connectivity index (χ4n) is 2.62. The minimum absolute atomic E-state index is 0.0330. The van der Waals surface area contributed by atoms with Gasteiger partial charge in [-0.15, -0.1) is 0 Å². The molecule has 3 rings (SSSR count). The van der Waals surface area contributed by atoms with Gasteiger partial charge in [-0.2, -0.15) is 5.10 Å². The van der Waals surface area contributed by atoms with Gasteiger partial charge in [0, 0.05) is 20.6 Å². The van der Waals surface area contributed by atoms with E-state index < -0.39 is 11.7 Å². The van der Waals surface area contributed by atoms with Crippen molar-refractivity contribution >= 4 is 34.8 Å². The van der Waals surface area contributed by atoms with E-state index in [4.69, 9.17) is 34.8 Å². The molecule has 0 fully saturated rings. The molecule has 3 aromatic rings. The molecule has 2 aromatic carbocycles. The number of aliphatic hydroxyl groups is 2. The molecule has 0 radical (unpaired) electrons. The molecule has 2 N–H and O–H groups in total. The van der Waals surface area contributed by atoms with Gasteiger partial charge in [0.1, 0.15) is 24.4 Å². The van der Waals surface area contributed by atoms with Gasteiger partial charge in [-0.3, -0.25) is 0 Å². The van der Waals surface area contributed by atoms with E-state index in [-0.39, 0.29) is 11.6 Å². The van der Waals surface area contributed by atoms with E-state index in [2.05, 4.69) is 10.1 Å². The Kier molecular flexibility index (Phi) is 5.32. The number of nitrogens with zero attached hydrogens (tertiary/aromatic N) is 3. The number of halogens is 3. The molecule has 0 bridgehead atoms. The van der Waals surface area contributed by atoms with Crippen LogP contribution in [0.25, 0.3) is 0 Å². The second-order valence-corrected chi connectivity index (χ2v) is 6.87. The first kappa shape index (κ1) is 18.2. The molecule has 2 unspecified atom stereocenters. The Hall–Kier alpha value is -1.63. The minimum atomic E-state index is -1.71. The molecule has 0 aliphatic carbocycles. The number of hydrogen-bond donors (Lipinski definition) is 2. The minimum Gasteiger partial charge on any atom is -0.385 e. The van der Waals surface area contributed by atoms with Crippen LogP contribution in [0.2, 0.25) is 15.1 Å². The van der Waals surface area contributed by atoms with Crippen molar-refractivity contribution < 1.29 is 10.2 Å². The third kappa shape index (κ3) is 3.81. The largest absolute Gasteiger partial charge is 0.385 e. The average Bonchev–Trinajstić information content (AvgIpc) is 3.07. The lowest BCUT2D eigenvalue weighted by molar-refractivity contribution is -0.0964. The van der Waals surface area contributed by atoms with E-state index in [9.17, 15) is 10.2 Å². The summed E-state index contributed by atoms with van der Waals surface area (Å²) in [6.45, 7) is -0.0330. The molecule has 0 spiro atoms. The highest BCUT2D eigenvalue weighted by molar-refractivity contribution is 6.35. The maximum atomic E-state index is 11.4. The normalized spacial score (nSPS) is 14.9. The molecule has 0 saturated carbocycles. The van der Waals surface area contributed by atoms with Crippen LogP contribution in [0.15, 0.2) is 55.1 Å². The van der Waals surface area contributed by atoms with Gasteiger partial charge in [0.25, 0.3) is 0 Å². The highest BCUT2D eigenvalue weighted by atomic mass is 35.5. The molecule has 0 saturated heterocycles. The van der Waals surface area contributed by atoms with Gasteiger partial charge in [0.05, 0.1) is 6.54 Å². The first-order valence-corrected chi connectivity index (χ1v) is 8.47. The van der Waals surface area contributed by atoms with Crippen molar-refractivity contribution in [3.8, 4) is 0 Å². The van der Waals surface area contributed by atoms with Crippen LogP contribution in [0.5, 0.6) is 0 Å². The van der Waals surface area contributed by atoms with Crippen molar-refractivity contribution in [2.45, 2.75) is 18.2 Å². The summed E-state index contributed by atoms with van der Waals surface area (Å²) in [6.07, 6.45) is 1.48. The summed E-state index contributed by atoms with van der Waals surface area (Å²) in [7, 11) is 0. The highest BCUT2D eigenvalue weighted by Gasteiger charge is 2.40. The molecule has 1 aromatic heterocycles. The molecule has 25 heavy (non-hydrogen) atoms. The Morgan fingerprint density at radius 3 is 2.32 bits per heavy atom. The van der Waals surface area contributed by atoms with Crippen molar-refractivity contribution in [3.05, 3.63) is 81.3 Å². The Morgan fingerprint density at radius 1 is 1.04 bits per heavy atom. The number of hydrogen-bond acceptors (Lipinski definition) is 4. The summed E-state index contributed by atoms with van der Waals surface area (Å²) in [5, 5.41) is 27.6. The van der Waals surface area contributed by atoms with Gasteiger partial charge >= 0.3 is 0 Å². The topological polar surface area (TPSA) is 71.2 Å². The van der Waals surface area contributed by atoms with Gasteiger partial charge < -0.3 is 10.2 Å². The lowest BCUT2D eigenvalue weighted by Gasteiger charge is -2.34. The van der Waals surface area contributed by atoms with Crippen LogP contribution in [0.4, 0.5) is 0 Å². The first-order valence-electron chi connectivity index (χ1n) is 7.34. The number of benzene rings is 2. The maximum Gasteiger partial charge on any atom is 0.139 e. The summed E-state index contributed by atoms with van der Waals surface area (Å²) >= 11 is 18.1. The molecule has 2 atom stereocenters. The van der Waals surface area contributed by atoms with E-state index in [1.807, 2.05) is 0 Å². The summed E-state index contributed by atoms with van der Waals surface area (Å²) in [6, 6.07) is 11.3. The van der Waals surface area contributed by atoms with Gasteiger partial charge in [0.2, 0.25) is 0 Å². The first-order chi connectivity index (χ1) is 11.9. The van der Waals surface area contributed by atoms with Gasteiger partial charge in [-0.25, -0.2) is 9.67 Å². The Morgan fingerprint density at radius 2 is 1.72 bits per heavy atom. The van der Waals surface area contributed by atoms with Crippen molar-refractivity contribution in [2.24, 2.45) is 0 Å². The van der Waals surface area contributed by atoms with Crippen molar-refractivity contribution in [3.63, 3.8) is 0 Å². The quantitative estimate of drug-likeness (QED) is 0.684. The van der Waals surface area contributed by atoms with Crippen LogP contribution in [-0.4, -0.2) is 25.0 Å². The predicted octanol–water partition coefficient (Wildman–Crippen LogP) is 3.86. The van der Waals surface area contributed by atoms with Crippen LogP contribution >= 0.6 is 34.8 Å². The number of rotatable bonds is 5. The van der Waals surface area contributed by atoms with Crippen LogP contribution in [-0.2, 0) is 12.1 Å². The van der Waals surface area contributed by atoms with Crippen LogP contribution < -0.4 is 0 Å². The zero-order valence-electron chi connectivity index (χ0n) is 12.9. The lowest BCUT2D eigenvalue weighted by Crippen LogP contribution is -2.38. The standard InChI is InChI=1S/C17H14Cl3N3O2/c18-12-3-1-11(2-4-12)17(25,8-23-10-21-9-22-23)16(24)14-6-5-13(19)7-15(14)20/h1-7,9-10,16,24-25H,8H2. The van der Waals surface area contributed by atoms with Crippen LogP contribution in [0.1, 0.15) is 17.2 Å². The van der Waals surface area contributed by atoms with E-state index in [0.717, 1.165) is 0 Å². The second-order valence-electron chi connectivity index (χ2n) is 5.59. The van der Waals surface area contributed by atoms with Gasteiger partial charge in [0.15, 0.2) is 0 Å². The van der Waals surface area contributed by atoms with Crippen LogP contribution in [0, 0.1) is 0 Å². The predicted molar refractivity (Wildman–Crippen MR) is 96.8 cm³/mol. The zero-order chi connectivity index (χ0) is 18.0. The molecule has 0 aliphatic rings. The van der Waals surface area contributed by atoms with Crippen molar-refractivity contribution in [1.29, 1.82) is 0 Å². The van der Waals surface area contributed by atoms with E-state index in [1.54, 1.807) is 36.4 Å². The molecule has 1 heterocycles. The monoisotopic (exact) mass is 397 g/mol. The smallest absolute Gasteiger partial charge is 0.139 e. The summed E-state index contributed by atoms with van der Waals surface area (Å²) in [5.41, 5.74) is -0.898. The molecular formula is C17H14Cl3N3O2. The fraction of sp³-hybridized carbons (Fsp3) is 0.176. The third-order valence-electron chi connectivity index (χ3n) is 3.92. The molecular weight excluding hydrogens is 385 g/mol. The Balaban J connectivity index is 2.07. The molecule has 8 heteroatoms. The number of aliphatic hydroxyl groups excluding tert-OH is 1. The second kappa shape index (κ2) is 7.32. The fourth-order valence-corrected chi connectivity index (χ4v) is 3.25. The molecule has 0 aliphatic heterocycles. The van der Waals surface area contributed by atoms with E-state index in [1.165, 1.54) is 23.4 Å². The highest BCUT2D eigenvalue weighted by Crippen LogP contribution is 2.40. The number of aromatic nitrogens is 3. The summed E-state index contributed by atoms with van der Waals surface area (Å²) in [4.78, 5) is 3.87. The lowest BCUT2D eigenvalue weighted by atomic mass is 9.84. The van der Waals surface area contributed by atoms with E-state index >= 15 is 0 Å². The maximum absolute atomic E-state index is 11.4. The average molecular weight is 399 g/mol. The molecule has 5 nitrogen and oxygen atoms in total. The summed E-state index contributed by atoms with van der Waals surface area (Å²) in [5.74, 6) is 0. The van der Waals surface area contributed by atoms with Gasteiger partial charge in [-0.05, 0) is 29.8 Å². The molecule has 130 valence electrons. The Labute approximate surface area is 159 Å². The summed E-state index contributed by atoms with van der Waals surface area (Å²) < 4.78 is 1.43. The third-order valence-corrected chi connectivity index (χ3v) is 4.74. The van der Waals surface area contributed by atoms with Crippen LogP contribution in [0.3, 0.4) is 0 Å². The van der Waals surface area contributed by atoms with Crippen molar-refractivity contribution in [1.82, 2.24) is 14.8 Å². The molecule has 0 amide bonds.